The van der Waals surface area contributed by atoms with Crippen LogP contribution in [0.2, 0.25) is 0 Å². The number of hydrogen-bond acceptors (Lipinski definition) is 1. The molecule has 22 heavy (non-hydrogen) atoms. The molecule has 0 saturated carbocycles. The number of carbonyl (C=O) groups is 1. The first-order chi connectivity index (χ1) is 10.3. The maximum absolute atomic E-state index is 13.0. The Hall–Kier alpha value is -1.77. The summed E-state index contributed by atoms with van der Waals surface area (Å²) < 4.78 is 25.6. The number of carbonyl (C=O) groups excluding carboxylic acids is 1. The monoisotopic (exact) mass is 306 g/mol. The maximum Gasteiger partial charge on any atom is 0.198 e. The molecule has 1 nitrogen and oxygen atoms in total. The molecule has 0 unspecified atom stereocenters. The van der Waals surface area contributed by atoms with Crippen LogP contribution in [0.15, 0.2) is 58.8 Å². The molecule has 0 aromatic carbocycles. The molecule has 0 aromatic heterocycles. The Kier molecular flexibility index (Phi) is 6.66. The molecule has 0 atom stereocenters. The third-order valence-electron chi connectivity index (χ3n) is 3.99. The van der Waals surface area contributed by atoms with Crippen LogP contribution < -0.4 is 0 Å². The van der Waals surface area contributed by atoms with Crippen LogP contribution in [0.4, 0.5) is 8.78 Å². The van der Waals surface area contributed by atoms with Crippen LogP contribution in [-0.2, 0) is 4.79 Å². The van der Waals surface area contributed by atoms with Crippen LogP contribution in [0.1, 0.15) is 47.0 Å². The number of aldehydes is 1. The van der Waals surface area contributed by atoms with Crippen molar-refractivity contribution in [2.45, 2.75) is 47.0 Å². The summed E-state index contributed by atoms with van der Waals surface area (Å²) >= 11 is 0. The van der Waals surface area contributed by atoms with Crippen LogP contribution >= 0.6 is 0 Å². The number of rotatable bonds is 5. The minimum absolute atomic E-state index is 0.142. The van der Waals surface area contributed by atoms with Crippen molar-refractivity contribution >= 4 is 6.29 Å². The summed E-state index contributed by atoms with van der Waals surface area (Å²) in [4.78, 5) is 10.1. The van der Waals surface area contributed by atoms with Crippen molar-refractivity contribution in [2.24, 2.45) is 5.41 Å². The van der Waals surface area contributed by atoms with Crippen molar-refractivity contribution in [3.8, 4) is 0 Å². The molecule has 1 aliphatic rings. The quantitative estimate of drug-likeness (QED) is 0.350. The molecule has 1 aliphatic carbocycles. The summed E-state index contributed by atoms with van der Waals surface area (Å²) in [7, 11) is 0. The third kappa shape index (κ3) is 5.21. The van der Waals surface area contributed by atoms with Gasteiger partial charge in [0.25, 0.3) is 0 Å². The Bertz CT molecular complexity index is 572. The molecular formula is C19H24F2O. The standard InChI is InChI=1S/C19H24F2O/c1-14(7-5-9-17(20)18(21)13-22)10-11-16-15(2)8-6-12-19(16,3)4/h5,7,9-11,13H,6,8,12H2,1-4H3/b9-5+,11-10+,14-7+,18-17-. The average molecular weight is 306 g/mol. The Balaban J connectivity index is 2.84. The highest BCUT2D eigenvalue weighted by atomic mass is 19.2. The minimum atomic E-state index is -1.39. The van der Waals surface area contributed by atoms with E-state index in [1.54, 1.807) is 6.08 Å². The van der Waals surface area contributed by atoms with Crippen LogP contribution in [-0.4, -0.2) is 6.29 Å². The lowest BCUT2D eigenvalue weighted by atomic mass is 9.72. The molecule has 0 saturated heterocycles. The van der Waals surface area contributed by atoms with Crippen LogP contribution in [0.25, 0.3) is 0 Å². The number of allylic oxidation sites excluding steroid dienone is 10. The van der Waals surface area contributed by atoms with E-state index in [9.17, 15) is 13.6 Å². The first-order valence-electron chi connectivity index (χ1n) is 7.51. The predicted molar refractivity (Wildman–Crippen MR) is 87.7 cm³/mol. The zero-order chi connectivity index (χ0) is 16.8. The molecule has 0 aliphatic heterocycles. The first kappa shape index (κ1) is 18.3. The van der Waals surface area contributed by atoms with E-state index in [0.29, 0.717) is 0 Å². The molecule has 0 fully saturated rings. The summed E-state index contributed by atoms with van der Waals surface area (Å²) in [6, 6.07) is 0. The second-order valence-electron chi connectivity index (χ2n) is 6.35. The van der Waals surface area contributed by atoms with Gasteiger partial charge in [0.2, 0.25) is 0 Å². The molecule has 0 radical (unpaired) electrons. The lowest BCUT2D eigenvalue weighted by Crippen LogP contribution is -2.19. The van der Waals surface area contributed by atoms with E-state index >= 15 is 0 Å². The molecule has 1 rings (SSSR count). The Morgan fingerprint density at radius 2 is 1.86 bits per heavy atom. The van der Waals surface area contributed by atoms with E-state index in [4.69, 9.17) is 0 Å². The number of hydrogen-bond donors (Lipinski definition) is 0. The van der Waals surface area contributed by atoms with Gasteiger partial charge >= 0.3 is 0 Å². The fourth-order valence-corrected chi connectivity index (χ4v) is 2.70. The van der Waals surface area contributed by atoms with Crippen molar-refractivity contribution in [1.29, 1.82) is 0 Å². The van der Waals surface area contributed by atoms with Crippen LogP contribution in [0.5, 0.6) is 0 Å². The minimum Gasteiger partial charge on any atom is -0.295 e. The van der Waals surface area contributed by atoms with E-state index in [1.807, 2.05) is 13.0 Å². The van der Waals surface area contributed by atoms with E-state index in [1.165, 1.54) is 30.1 Å². The van der Waals surface area contributed by atoms with Gasteiger partial charge in [-0.25, -0.2) is 8.78 Å². The fourth-order valence-electron chi connectivity index (χ4n) is 2.70. The van der Waals surface area contributed by atoms with Gasteiger partial charge in [0.05, 0.1) is 0 Å². The van der Waals surface area contributed by atoms with Crippen molar-refractivity contribution < 1.29 is 13.6 Å². The summed E-state index contributed by atoms with van der Waals surface area (Å²) in [5.74, 6) is -2.54. The SMILES string of the molecule is CC1=C(/C=C/C(C)=C/C=C/C(F)=C(/F)C=O)C(C)(C)CCC1. The third-order valence-corrected chi connectivity index (χ3v) is 3.99. The van der Waals surface area contributed by atoms with Gasteiger partial charge in [0.1, 0.15) is 0 Å². The van der Waals surface area contributed by atoms with Gasteiger partial charge in [-0.3, -0.25) is 4.79 Å². The highest BCUT2D eigenvalue weighted by molar-refractivity contribution is 5.71. The van der Waals surface area contributed by atoms with E-state index in [-0.39, 0.29) is 11.7 Å². The zero-order valence-electron chi connectivity index (χ0n) is 13.7. The van der Waals surface area contributed by atoms with Crippen LogP contribution in [0.3, 0.4) is 0 Å². The molecule has 120 valence electrons. The molecule has 0 aromatic rings. The molecule has 0 N–H and O–H groups in total. The van der Waals surface area contributed by atoms with Crippen molar-refractivity contribution in [3.05, 3.63) is 58.8 Å². The summed E-state index contributed by atoms with van der Waals surface area (Å²) in [5.41, 5.74) is 3.88. The van der Waals surface area contributed by atoms with E-state index in [0.717, 1.165) is 18.1 Å². The second-order valence-corrected chi connectivity index (χ2v) is 6.35. The lowest BCUT2D eigenvalue weighted by molar-refractivity contribution is -0.106. The zero-order valence-corrected chi connectivity index (χ0v) is 13.7. The largest absolute Gasteiger partial charge is 0.295 e. The normalized spacial score (nSPS) is 20.7. The van der Waals surface area contributed by atoms with Crippen molar-refractivity contribution in [3.63, 3.8) is 0 Å². The first-order valence-corrected chi connectivity index (χ1v) is 7.51. The van der Waals surface area contributed by atoms with Gasteiger partial charge in [-0.05, 0) is 50.2 Å². The Labute approximate surface area is 131 Å². The van der Waals surface area contributed by atoms with E-state index in [2.05, 4.69) is 26.8 Å². The summed E-state index contributed by atoms with van der Waals surface area (Å²) in [6.45, 7) is 8.56. The number of halogens is 2. The molecule has 3 heteroatoms. The van der Waals surface area contributed by atoms with Gasteiger partial charge in [-0.1, -0.05) is 49.3 Å². The van der Waals surface area contributed by atoms with Crippen molar-refractivity contribution in [1.82, 2.24) is 0 Å². The Morgan fingerprint density at radius 3 is 2.45 bits per heavy atom. The van der Waals surface area contributed by atoms with Gasteiger partial charge in [0.15, 0.2) is 17.9 Å². The van der Waals surface area contributed by atoms with Gasteiger partial charge in [-0.15, -0.1) is 0 Å². The predicted octanol–water partition coefficient (Wildman–Crippen LogP) is 5.92. The fraction of sp³-hybridized carbons (Fsp3) is 0.421. The van der Waals surface area contributed by atoms with Crippen molar-refractivity contribution in [2.75, 3.05) is 0 Å². The molecule has 0 amide bonds. The smallest absolute Gasteiger partial charge is 0.198 e. The molecule has 0 spiro atoms. The maximum atomic E-state index is 13.0. The van der Waals surface area contributed by atoms with Gasteiger partial charge in [0, 0.05) is 0 Å². The van der Waals surface area contributed by atoms with E-state index < -0.39 is 11.7 Å². The molecular weight excluding hydrogens is 282 g/mol. The average Bonchev–Trinajstić information content (AvgIpc) is 2.45. The highest BCUT2D eigenvalue weighted by Crippen LogP contribution is 2.40. The second kappa shape index (κ2) is 8.02. The van der Waals surface area contributed by atoms with Crippen LogP contribution in [0, 0.1) is 5.41 Å². The topological polar surface area (TPSA) is 17.1 Å². The van der Waals surface area contributed by atoms with Gasteiger partial charge in [-0.2, -0.15) is 0 Å². The van der Waals surface area contributed by atoms with Gasteiger partial charge < -0.3 is 0 Å². The summed E-state index contributed by atoms with van der Waals surface area (Å²) in [5, 5.41) is 0. The molecule has 0 bridgehead atoms. The lowest BCUT2D eigenvalue weighted by Gasteiger charge is -2.32. The molecule has 0 heterocycles. The summed E-state index contributed by atoms with van der Waals surface area (Å²) in [6.07, 6.45) is 11.5. The Morgan fingerprint density at radius 1 is 1.18 bits per heavy atom. The highest BCUT2D eigenvalue weighted by Gasteiger charge is 2.26.